The molecular weight excluding hydrogens is 231 g/mol. The Kier molecular flexibility index (Phi) is 1.71. The molecule has 0 bridgehead atoms. The number of amidine groups is 1. The third kappa shape index (κ3) is 1.19. The van der Waals surface area contributed by atoms with E-state index in [1.807, 2.05) is 0 Å². The molecule has 11 heavy (non-hydrogen) atoms. The van der Waals surface area contributed by atoms with Crippen LogP contribution >= 0.6 is 27.7 Å². The molecule has 0 aromatic heterocycles. The summed E-state index contributed by atoms with van der Waals surface area (Å²) in [7, 11) is 0. The van der Waals surface area contributed by atoms with Crippen LogP contribution < -0.4 is 4.90 Å². The van der Waals surface area contributed by atoms with Gasteiger partial charge in [-0.1, -0.05) is 0 Å². The Balaban J connectivity index is 2.28. The molecule has 0 fully saturated rings. The topological polar surface area (TPSA) is 32.4 Å². The number of halogens is 2. The molecule has 2 rings (SSSR count). The van der Waals surface area contributed by atoms with Crippen LogP contribution in [0.4, 0.5) is 0 Å². The molecule has 0 amide bonds. The minimum absolute atomic E-state index is 0.605. The van der Waals surface area contributed by atoms with Gasteiger partial charge >= 0.3 is 0 Å². The Morgan fingerprint density at radius 2 is 2.55 bits per heavy atom. The van der Waals surface area contributed by atoms with Crippen LogP contribution in [0.25, 0.3) is 0 Å². The summed E-state index contributed by atoms with van der Waals surface area (Å²) in [5.41, 5.74) is 0. The predicted molar refractivity (Wildman–Crippen MR) is 46.5 cm³/mol. The second-order valence-corrected chi connectivity index (χ2v) is 3.45. The summed E-state index contributed by atoms with van der Waals surface area (Å²) in [4.78, 5) is 5.20. The Morgan fingerprint density at radius 3 is 3.36 bits per heavy atom. The molecular formula is C5H5BrClN4+. The van der Waals surface area contributed by atoms with Crippen molar-refractivity contribution in [2.45, 2.75) is 0 Å². The van der Waals surface area contributed by atoms with Crippen LogP contribution in [0.15, 0.2) is 20.9 Å². The molecule has 1 atom stereocenters. The van der Waals surface area contributed by atoms with Crippen molar-refractivity contribution in [2.24, 2.45) is 10.1 Å². The zero-order valence-corrected chi connectivity index (χ0v) is 7.80. The summed E-state index contributed by atoms with van der Waals surface area (Å²) in [6, 6.07) is 0. The highest BCUT2D eigenvalue weighted by Gasteiger charge is 2.29. The average Bonchev–Trinajstić information content (AvgIpc) is 2.33. The van der Waals surface area contributed by atoms with Gasteiger partial charge in [0, 0.05) is 27.7 Å². The number of aliphatic imine (C=N–C) groups is 1. The van der Waals surface area contributed by atoms with E-state index in [4.69, 9.17) is 11.8 Å². The fraction of sp³-hybridized carbons (Fsp3) is 0.200. The highest BCUT2D eigenvalue weighted by Crippen LogP contribution is 2.04. The Bertz CT molecular complexity index is 272. The van der Waals surface area contributed by atoms with Crippen LogP contribution in [-0.2, 0) is 0 Å². The number of rotatable bonds is 0. The molecule has 0 saturated heterocycles. The second kappa shape index (κ2) is 2.58. The van der Waals surface area contributed by atoms with Gasteiger partial charge in [-0.25, -0.2) is 4.90 Å². The lowest BCUT2D eigenvalue weighted by Crippen LogP contribution is -3.13. The van der Waals surface area contributed by atoms with Crippen molar-refractivity contribution in [3.05, 3.63) is 10.8 Å². The second-order valence-electron chi connectivity index (χ2n) is 2.21. The molecule has 0 aromatic rings. The van der Waals surface area contributed by atoms with E-state index in [1.165, 1.54) is 4.53 Å². The van der Waals surface area contributed by atoms with Crippen molar-refractivity contribution in [1.29, 1.82) is 0 Å². The van der Waals surface area contributed by atoms with E-state index >= 15 is 0 Å². The molecule has 1 N–H and O–H groups in total. The van der Waals surface area contributed by atoms with Gasteiger partial charge in [0.2, 0.25) is 4.61 Å². The smallest absolute Gasteiger partial charge is 0.226 e. The highest BCUT2D eigenvalue weighted by atomic mass is 79.9. The molecule has 2 aliphatic rings. The number of hydrogen-bond donors (Lipinski definition) is 1. The minimum atomic E-state index is 0.605. The zero-order valence-electron chi connectivity index (χ0n) is 5.46. The van der Waals surface area contributed by atoms with Crippen molar-refractivity contribution in [3.8, 4) is 0 Å². The van der Waals surface area contributed by atoms with E-state index in [-0.39, 0.29) is 0 Å². The molecule has 2 aliphatic heterocycles. The zero-order chi connectivity index (χ0) is 7.84. The van der Waals surface area contributed by atoms with Crippen LogP contribution in [0.5, 0.6) is 0 Å². The number of quaternary nitrogens is 1. The molecule has 2 heterocycles. The SMILES string of the molecule is ClN1C[NH+]2C(Br)=CN=C2C=N1. The maximum atomic E-state index is 5.66. The number of fused-ring (bicyclic) bond motifs is 1. The van der Waals surface area contributed by atoms with Crippen molar-refractivity contribution >= 4 is 39.8 Å². The van der Waals surface area contributed by atoms with E-state index in [0.717, 1.165) is 15.3 Å². The molecule has 0 radical (unpaired) electrons. The van der Waals surface area contributed by atoms with Gasteiger partial charge in [-0.15, -0.1) is 0 Å². The minimum Gasteiger partial charge on any atom is -0.226 e. The van der Waals surface area contributed by atoms with E-state index in [2.05, 4.69) is 26.0 Å². The molecule has 6 heteroatoms. The van der Waals surface area contributed by atoms with Gasteiger partial charge in [0.1, 0.15) is 12.4 Å². The lowest BCUT2D eigenvalue weighted by Gasteiger charge is -2.19. The van der Waals surface area contributed by atoms with Gasteiger partial charge in [0.15, 0.2) is 6.67 Å². The van der Waals surface area contributed by atoms with Crippen molar-refractivity contribution in [1.82, 2.24) is 4.53 Å². The molecule has 0 saturated carbocycles. The Morgan fingerprint density at radius 1 is 1.73 bits per heavy atom. The predicted octanol–water partition coefficient (Wildman–Crippen LogP) is -0.110. The van der Waals surface area contributed by atoms with Crippen LogP contribution in [0.3, 0.4) is 0 Å². The van der Waals surface area contributed by atoms with Crippen LogP contribution in [0.2, 0.25) is 0 Å². The number of hydrogen-bond acceptors (Lipinski definition) is 3. The summed E-state index contributed by atoms with van der Waals surface area (Å²) in [5.74, 6) is 0.897. The third-order valence-corrected chi connectivity index (χ3v) is 2.40. The first-order valence-electron chi connectivity index (χ1n) is 3.05. The number of hydrazone groups is 1. The Labute approximate surface area is 77.1 Å². The van der Waals surface area contributed by atoms with Gasteiger partial charge in [-0.3, -0.25) is 0 Å². The van der Waals surface area contributed by atoms with Crippen LogP contribution in [-0.4, -0.2) is 23.2 Å². The monoisotopic (exact) mass is 235 g/mol. The van der Waals surface area contributed by atoms with Gasteiger partial charge in [0.25, 0.3) is 5.84 Å². The van der Waals surface area contributed by atoms with E-state index in [1.54, 1.807) is 12.4 Å². The van der Waals surface area contributed by atoms with E-state index < -0.39 is 0 Å². The maximum Gasteiger partial charge on any atom is 0.253 e. The summed E-state index contributed by atoms with van der Waals surface area (Å²) in [5, 5.41) is 3.87. The van der Waals surface area contributed by atoms with Gasteiger partial charge < -0.3 is 0 Å². The first kappa shape index (κ1) is 7.27. The number of nitrogens with one attached hydrogen (secondary N) is 1. The maximum absolute atomic E-state index is 5.66. The first-order valence-corrected chi connectivity index (χ1v) is 4.18. The number of nitrogens with zero attached hydrogens (tertiary/aromatic N) is 3. The normalized spacial score (nSPS) is 28.2. The summed E-state index contributed by atoms with van der Waals surface area (Å²) in [6.07, 6.45) is 3.41. The standard InChI is InChI=1S/C5H4BrClN4/c6-4-1-8-5-2-9-11(7)3-10(4)5/h1-2H,3H2/p+1. The van der Waals surface area contributed by atoms with Crippen LogP contribution in [0, 0.1) is 0 Å². The largest absolute Gasteiger partial charge is 0.253 e. The quantitative estimate of drug-likeness (QED) is 0.462. The molecule has 0 aliphatic carbocycles. The fourth-order valence-corrected chi connectivity index (χ4v) is 1.55. The third-order valence-electron chi connectivity index (χ3n) is 1.51. The van der Waals surface area contributed by atoms with Crippen LogP contribution in [0.1, 0.15) is 0 Å². The molecule has 0 spiro atoms. The van der Waals surface area contributed by atoms with Crippen molar-refractivity contribution in [3.63, 3.8) is 0 Å². The fourth-order valence-electron chi connectivity index (χ4n) is 0.961. The molecule has 1 unspecified atom stereocenters. The summed E-state index contributed by atoms with van der Waals surface area (Å²) >= 11 is 9.03. The van der Waals surface area contributed by atoms with Gasteiger partial charge in [-0.2, -0.15) is 14.6 Å². The first-order chi connectivity index (χ1) is 5.27. The highest BCUT2D eigenvalue weighted by molar-refractivity contribution is 9.11. The molecule has 58 valence electrons. The summed E-state index contributed by atoms with van der Waals surface area (Å²) < 4.78 is 2.35. The van der Waals surface area contributed by atoms with E-state index in [9.17, 15) is 0 Å². The summed E-state index contributed by atoms with van der Waals surface area (Å²) in [6.45, 7) is 0.605. The molecule has 0 aromatic carbocycles. The lowest BCUT2D eigenvalue weighted by atomic mass is 10.5. The van der Waals surface area contributed by atoms with Crippen molar-refractivity contribution < 1.29 is 4.90 Å². The average molecular weight is 236 g/mol. The van der Waals surface area contributed by atoms with Crippen molar-refractivity contribution in [2.75, 3.05) is 6.67 Å². The van der Waals surface area contributed by atoms with Gasteiger partial charge in [0.05, 0.1) is 0 Å². The lowest BCUT2D eigenvalue weighted by molar-refractivity contribution is -0.759. The molecule has 4 nitrogen and oxygen atoms in total. The van der Waals surface area contributed by atoms with E-state index in [0.29, 0.717) is 6.67 Å². The van der Waals surface area contributed by atoms with Gasteiger partial charge in [-0.05, 0) is 0 Å². The Hall–Kier alpha value is -0.390.